The number of hydrogen-bond acceptors (Lipinski definition) is 6. The maximum Gasteiger partial charge on any atom is 0.268 e. The van der Waals surface area contributed by atoms with Crippen LogP contribution in [0, 0.1) is 0 Å². The molecule has 0 bridgehead atoms. The first-order chi connectivity index (χ1) is 20.7. The van der Waals surface area contributed by atoms with Crippen LogP contribution in [0.25, 0.3) is 21.7 Å². The van der Waals surface area contributed by atoms with Crippen molar-refractivity contribution < 1.29 is 22.7 Å². The molecule has 214 valence electrons. The maximum absolute atomic E-state index is 13.7. The van der Waals surface area contributed by atoms with Gasteiger partial charge in [0.15, 0.2) is 6.61 Å². The van der Waals surface area contributed by atoms with Gasteiger partial charge in [0.1, 0.15) is 5.75 Å². The van der Waals surface area contributed by atoms with Crippen LogP contribution in [0.15, 0.2) is 114 Å². The number of aromatic nitrogens is 2. The van der Waals surface area contributed by atoms with Gasteiger partial charge in [0, 0.05) is 40.5 Å². The molecule has 2 aromatic heterocycles. The zero-order valence-electron chi connectivity index (χ0n) is 22.6. The summed E-state index contributed by atoms with van der Waals surface area (Å²) in [6.07, 6.45) is 3.49. The molecule has 0 saturated heterocycles. The molecule has 0 unspecified atom stereocenters. The highest BCUT2D eigenvalue weighted by Gasteiger charge is 2.25. The Morgan fingerprint density at radius 3 is 2.40 bits per heavy atom. The number of pyridine rings is 1. The Hall–Kier alpha value is -4.99. The number of carbonyl (C=O) groups excluding carboxylic acids is 2. The molecule has 6 aromatic rings. The van der Waals surface area contributed by atoms with Crippen LogP contribution < -0.4 is 10.5 Å². The van der Waals surface area contributed by atoms with Crippen LogP contribution in [-0.2, 0) is 16.4 Å². The smallest absolute Gasteiger partial charge is 0.268 e. The minimum absolute atomic E-state index is 0.0830. The largest absolute Gasteiger partial charge is 0.485 e. The first kappa shape index (κ1) is 28.1. The summed E-state index contributed by atoms with van der Waals surface area (Å²) >= 11 is 6.09. The third kappa shape index (κ3) is 5.60. The molecular formula is C33H24ClN3O5S. The lowest BCUT2D eigenvalue weighted by Gasteiger charge is -2.11. The topological polar surface area (TPSA) is 121 Å². The molecule has 43 heavy (non-hydrogen) atoms. The van der Waals surface area contributed by atoms with Crippen molar-refractivity contribution >= 4 is 55.0 Å². The van der Waals surface area contributed by atoms with Gasteiger partial charge in [0.05, 0.1) is 16.0 Å². The lowest BCUT2D eigenvalue weighted by Crippen LogP contribution is -2.17. The van der Waals surface area contributed by atoms with E-state index in [0.717, 1.165) is 20.6 Å². The van der Waals surface area contributed by atoms with Gasteiger partial charge in [-0.3, -0.25) is 14.6 Å². The van der Waals surface area contributed by atoms with Gasteiger partial charge >= 0.3 is 0 Å². The van der Waals surface area contributed by atoms with E-state index >= 15 is 0 Å². The van der Waals surface area contributed by atoms with E-state index in [4.69, 9.17) is 22.1 Å². The van der Waals surface area contributed by atoms with Crippen LogP contribution in [-0.4, -0.2) is 35.7 Å². The molecule has 1 amide bonds. The number of nitrogens with zero attached hydrogens (tertiary/aromatic N) is 2. The van der Waals surface area contributed by atoms with E-state index in [0.29, 0.717) is 27.7 Å². The number of rotatable bonds is 9. The fraction of sp³-hybridized carbons (Fsp3) is 0.0606. The molecule has 0 spiro atoms. The van der Waals surface area contributed by atoms with Crippen molar-refractivity contribution in [2.75, 3.05) is 6.61 Å². The van der Waals surface area contributed by atoms with Crippen LogP contribution in [0.4, 0.5) is 0 Å². The number of fused-ring (bicyclic) bond motifs is 2. The minimum atomic E-state index is -4.04. The Kier molecular flexibility index (Phi) is 7.43. The summed E-state index contributed by atoms with van der Waals surface area (Å²) in [5.74, 6) is -1.07. The number of hydrogen-bond donors (Lipinski definition) is 1. The first-order valence-electron chi connectivity index (χ1n) is 13.2. The molecule has 0 saturated carbocycles. The van der Waals surface area contributed by atoms with E-state index in [1.165, 1.54) is 18.3 Å². The normalized spacial score (nSPS) is 11.6. The highest BCUT2D eigenvalue weighted by Crippen LogP contribution is 2.30. The second kappa shape index (κ2) is 11.4. The van der Waals surface area contributed by atoms with Gasteiger partial charge in [-0.2, -0.15) is 0 Å². The van der Waals surface area contributed by atoms with Crippen molar-refractivity contribution in [3.8, 4) is 5.75 Å². The van der Waals surface area contributed by atoms with E-state index in [2.05, 4.69) is 4.98 Å². The van der Waals surface area contributed by atoms with Gasteiger partial charge < -0.3 is 10.5 Å². The molecule has 10 heteroatoms. The third-order valence-corrected chi connectivity index (χ3v) is 9.00. The zero-order valence-corrected chi connectivity index (χ0v) is 24.2. The number of ketones is 1. The van der Waals surface area contributed by atoms with E-state index in [1.54, 1.807) is 66.9 Å². The fourth-order valence-corrected chi connectivity index (χ4v) is 6.54. The lowest BCUT2D eigenvalue weighted by molar-refractivity contribution is 0.0914. The zero-order chi connectivity index (χ0) is 30.1. The maximum atomic E-state index is 13.7. The summed E-state index contributed by atoms with van der Waals surface area (Å²) in [7, 11) is -4.04. The summed E-state index contributed by atoms with van der Waals surface area (Å²) in [6, 6.07) is 27.3. The molecule has 6 rings (SSSR count). The second-order valence-electron chi connectivity index (χ2n) is 9.92. The Balaban J connectivity index is 1.39. The van der Waals surface area contributed by atoms with E-state index in [-0.39, 0.29) is 21.8 Å². The average Bonchev–Trinajstić information content (AvgIpc) is 3.40. The van der Waals surface area contributed by atoms with Gasteiger partial charge in [0.2, 0.25) is 5.78 Å². The summed E-state index contributed by atoms with van der Waals surface area (Å²) in [6.45, 7) is -0.459. The summed E-state index contributed by atoms with van der Waals surface area (Å²) in [4.78, 5) is 30.2. The molecule has 0 radical (unpaired) electrons. The van der Waals surface area contributed by atoms with Crippen molar-refractivity contribution in [1.82, 2.24) is 8.96 Å². The summed E-state index contributed by atoms with van der Waals surface area (Å²) in [5.41, 5.74) is 7.84. The monoisotopic (exact) mass is 609 g/mol. The quantitative estimate of drug-likeness (QED) is 0.200. The van der Waals surface area contributed by atoms with Crippen molar-refractivity contribution in [2.24, 2.45) is 5.73 Å². The second-order valence-corrected chi connectivity index (χ2v) is 12.2. The van der Waals surface area contributed by atoms with Gasteiger partial charge in [0.25, 0.3) is 15.9 Å². The molecule has 0 aliphatic rings. The van der Waals surface area contributed by atoms with E-state index in [9.17, 15) is 18.0 Å². The molecule has 0 atom stereocenters. The van der Waals surface area contributed by atoms with Crippen molar-refractivity contribution in [2.45, 2.75) is 11.3 Å². The van der Waals surface area contributed by atoms with E-state index < -0.39 is 28.3 Å². The number of Topliss-reactive ketones (excluding diaryl/α,β-unsaturated/α-hetero) is 1. The van der Waals surface area contributed by atoms with Crippen LogP contribution in [0.5, 0.6) is 5.75 Å². The number of ether oxygens (including phenoxy) is 1. The van der Waals surface area contributed by atoms with Gasteiger partial charge in [-0.25, -0.2) is 12.4 Å². The number of nitrogens with two attached hydrogens (primary N) is 1. The molecule has 0 aliphatic heterocycles. The van der Waals surface area contributed by atoms with E-state index in [1.807, 2.05) is 24.3 Å². The van der Waals surface area contributed by atoms with Crippen molar-refractivity contribution in [3.63, 3.8) is 0 Å². The molecule has 0 aliphatic carbocycles. The van der Waals surface area contributed by atoms with Crippen LogP contribution in [0.3, 0.4) is 0 Å². The highest BCUT2D eigenvalue weighted by molar-refractivity contribution is 7.90. The molecule has 8 nitrogen and oxygen atoms in total. The SMILES string of the molecule is NC(=O)c1cc2cc(Cl)ccc2cc1OCC(=O)c1cn(S(=O)(=O)c2ccccc2)c2cc(Cc3ccccn3)ccc12. The average molecular weight is 610 g/mol. The van der Waals surface area contributed by atoms with Gasteiger partial charge in [-0.05, 0) is 70.9 Å². The highest BCUT2D eigenvalue weighted by atomic mass is 35.5. The van der Waals surface area contributed by atoms with Crippen LogP contribution in [0.1, 0.15) is 32.0 Å². The molecule has 4 aromatic carbocycles. The van der Waals surface area contributed by atoms with Crippen molar-refractivity contribution in [3.05, 3.63) is 137 Å². The Labute approximate surface area is 252 Å². The van der Waals surface area contributed by atoms with Crippen molar-refractivity contribution in [1.29, 1.82) is 0 Å². The molecular weight excluding hydrogens is 586 g/mol. The summed E-state index contributed by atoms with van der Waals surface area (Å²) < 4.78 is 34.5. The standard InChI is InChI=1S/C33H24ClN3O5S/c34-24-11-10-22-18-32(28(33(35)39)17-23(22)16-24)42-20-31(38)29-19-37(43(40,41)26-7-2-1-3-8-26)30-15-21(9-12-27(29)30)14-25-6-4-5-13-36-25/h1-13,15-19H,14,20H2,(H2,35,39). The van der Waals surface area contributed by atoms with Crippen LogP contribution in [0.2, 0.25) is 5.02 Å². The Morgan fingerprint density at radius 2 is 1.65 bits per heavy atom. The molecule has 2 heterocycles. The lowest BCUT2D eigenvalue weighted by atomic mass is 10.0. The molecule has 0 fully saturated rings. The third-order valence-electron chi connectivity index (χ3n) is 7.07. The number of primary amides is 1. The summed E-state index contributed by atoms with van der Waals surface area (Å²) in [5, 5.41) is 2.37. The number of halogens is 1. The fourth-order valence-electron chi connectivity index (χ4n) is 4.97. The number of carbonyl (C=O) groups is 2. The van der Waals surface area contributed by atoms with Gasteiger partial charge in [-0.1, -0.05) is 54.1 Å². The Morgan fingerprint density at radius 1 is 0.860 bits per heavy atom. The van der Waals surface area contributed by atoms with Gasteiger partial charge in [-0.15, -0.1) is 0 Å². The molecule has 2 N–H and O–H groups in total. The predicted molar refractivity (Wildman–Crippen MR) is 165 cm³/mol. The number of amides is 1. The number of benzene rings is 4. The van der Waals surface area contributed by atoms with Crippen LogP contribution >= 0.6 is 11.6 Å². The minimum Gasteiger partial charge on any atom is -0.485 e. The first-order valence-corrected chi connectivity index (χ1v) is 15.1. The Bertz CT molecular complexity index is 2130. The predicted octanol–water partition coefficient (Wildman–Crippen LogP) is 6.03.